The maximum absolute atomic E-state index is 11.5. The van der Waals surface area contributed by atoms with Crippen molar-refractivity contribution < 1.29 is 14.8 Å². The molecule has 2 N–H and O–H groups in total. The van der Waals surface area contributed by atoms with Crippen LogP contribution in [0.1, 0.15) is 12.0 Å². The summed E-state index contributed by atoms with van der Waals surface area (Å²) in [6.45, 7) is 1.16. The van der Waals surface area contributed by atoms with Gasteiger partial charge in [0.25, 0.3) is 5.69 Å². The van der Waals surface area contributed by atoms with Gasteiger partial charge in [0.15, 0.2) is 0 Å². The minimum Gasteiger partial charge on any atom is -0.391 e. The van der Waals surface area contributed by atoms with E-state index in [4.69, 9.17) is 0 Å². The van der Waals surface area contributed by atoms with Crippen molar-refractivity contribution in [1.82, 2.24) is 5.32 Å². The molecule has 0 aromatic heterocycles. The zero-order valence-corrected chi connectivity index (χ0v) is 10.3. The molecule has 0 saturated carbocycles. The van der Waals surface area contributed by atoms with Crippen LogP contribution in [0.3, 0.4) is 0 Å². The Morgan fingerprint density at radius 1 is 1.47 bits per heavy atom. The fourth-order valence-corrected chi connectivity index (χ4v) is 2.10. The highest BCUT2D eigenvalue weighted by atomic mass is 16.6. The molecule has 1 saturated heterocycles. The van der Waals surface area contributed by atoms with Crippen molar-refractivity contribution in [3.05, 3.63) is 33.9 Å². The van der Waals surface area contributed by atoms with E-state index in [9.17, 15) is 20.0 Å². The number of nitro groups is 1. The van der Waals surface area contributed by atoms with E-state index in [1.807, 2.05) is 4.90 Å². The van der Waals surface area contributed by atoms with Crippen molar-refractivity contribution in [2.24, 2.45) is 0 Å². The maximum atomic E-state index is 11.5. The van der Waals surface area contributed by atoms with Gasteiger partial charge < -0.3 is 15.3 Å². The first-order valence-corrected chi connectivity index (χ1v) is 6.01. The minimum atomic E-state index is -0.523. The van der Waals surface area contributed by atoms with Crippen LogP contribution in [0.15, 0.2) is 18.2 Å². The third-order valence-corrected chi connectivity index (χ3v) is 3.06. The molecule has 1 aromatic rings. The van der Waals surface area contributed by atoms with Crippen molar-refractivity contribution in [3.8, 4) is 0 Å². The Morgan fingerprint density at radius 2 is 2.26 bits per heavy atom. The lowest BCUT2D eigenvalue weighted by atomic mass is 10.1. The number of aliphatic hydroxyl groups excluding tert-OH is 1. The summed E-state index contributed by atoms with van der Waals surface area (Å²) in [5.74, 6) is -0.0681. The summed E-state index contributed by atoms with van der Waals surface area (Å²) < 4.78 is 0. The normalized spacial score (nSPS) is 15.8. The van der Waals surface area contributed by atoms with Crippen LogP contribution in [0.4, 0.5) is 11.4 Å². The van der Waals surface area contributed by atoms with Gasteiger partial charge in [-0.1, -0.05) is 0 Å². The summed E-state index contributed by atoms with van der Waals surface area (Å²) in [7, 11) is 0. The van der Waals surface area contributed by atoms with Gasteiger partial charge in [0.2, 0.25) is 5.91 Å². The number of benzene rings is 1. The molecule has 1 fully saturated rings. The van der Waals surface area contributed by atoms with E-state index in [0.29, 0.717) is 18.8 Å². The van der Waals surface area contributed by atoms with E-state index in [1.165, 1.54) is 6.07 Å². The molecule has 7 nitrogen and oxygen atoms in total. The third-order valence-electron chi connectivity index (χ3n) is 3.06. The van der Waals surface area contributed by atoms with Gasteiger partial charge in [0, 0.05) is 24.8 Å². The van der Waals surface area contributed by atoms with Crippen LogP contribution >= 0.6 is 0 Å². The molecule has 102 valence electrons. The van der Waals surface area contributed by atoms with Crippen molar-refractivity contribution in [3.63, 3.8) is 0 Å². The molecule has 1 heterocycles. The summed E-state index contributed by atoms with van der Waals surface area (Å²) in [6.07, 6.45) is 0.817. The Kier molecular flexibility index (Phi) is 3.96. The Morgan fingerprint density at radius 3 is 2.95 bits per heavy atom. The fraction of sp³-hybridized carbons (Fsp3) is 0.417. The molecule has 0 atom stereocenters. The number of aliphatic hydroxyl groups is 1. The molecule has 1 aromatic carbocycles. The molecule has 1 aliphatic rings. The fourth-order valence-electron chi connectivity index (χ4n) is 2.10. The van der Waals surface area contributed by atoms with Gasteiger partial charge >= 0.3 is 0 Å². The second kappa shape index (κ2) is 5.66. The quantitative estimate of drug-likeness (QED) is 0.609. The highest BCUT2D eigenvalue weighted by molar-refractivity contribution is 5.81. The first-order valence-electron chi connectivity index (χ1n) is 6.01. The van der Waals surface area contributed by atoms with Crippen LogP contribution < -0.4 is 10.2 Å². The van der Waals surface area contributed by atoms with Crippen molar-refractivity contribution >= 4 is 17.3 Å². The summed E-state index contributed by atoms with van der Waals surface area (Å²) in [6, 6.07) is 4.54. The average molecular weight is 265 g/mol. The Bertz CT molecular complexity index is 504. The van der Waals surface area contributed by atoms with E-state index in [0.717, 1.165) is 6.42 Å². The summed E-state index contributed by atoms with van der Waals surface area (Å²) >= 11 is 0. The molecule has 0 bridgehead atoms. The van der Waals surface area contributed by atoms with Crippen LogP contribution in [0, 0.1) is 10.1 Å². The minimum absolute atomic E-state index is 0.0681. The number of nitrogens with zero attached hydrogens (tertiary/aromatic N) is 2. The smallest absolute Gasteiger partial charge is 0.275 e. The lowest BCUT2D eigenvalue weighted by Gasteiger charge is -2.21. The molecule has 19 heavy (non-hydrogen) atoms. The molecule has 0 aliphatic carbocycles. The molecule has 0 radical (unpaired) electrons. The summed E-state index contributed by atoms with van der Waals surface area (Å²) in [5, 5.41) is 22.8. The summed E-state index contributed by atoms with van der Waals surface area (Å²) in [5.41, 5.74) is 0.865. The summed E-state index contributed by atoms with van der Waals surface area (Å²) in [4.78, 5) is 23.6. The molecular formula is C12H15N3O4. The molecule has 1 aliphatic heterocycles. The Hall–Kier alpha value is -2.15. The second-order valence-electron chi connectivity index (χ2n) is 4.35. The van der Waals surface area contributed by atoms with Gasteiger partial charge in [-0.05, 0) is 18.6 Å². The SMILES string of the molecule is O=C1CN(c2ccc([N+](=O)[O-])c(CO)c2)CCCN1. The Labute approximate surface area is 110 Å². The van der Waals surface area contributed by atoms with Crippen molar-refractivity contribution in [1.29, 1.82) is 0 Å². The number of carbonyl (C=O) groups excluding carboxylic acids is 1. The Balaban J connectivity index is 2.29. The largest absolute Gasteiger partial charge is 0.391 e. The van der Waals surface area contributed by atoms with Gasteiger partial charge in [0.05, 0.1) is 23.6 Å². The van der Waals surface area contributed by atoms with Crippen LogP contribution in [-0.2, 0) is 11.4 Å². The maximum Gasteiger partial charge on any atom is 0.275 e. The average Bonchev–Trinajstić information content (AvgIpc) is 2.62. The van der Waals surface area contributed by atoms with E-state index in [-0.39, 0.29) is 23.7 Å². The highest BCUT2D eigenvalue weighted by Gasteiger charge is 2.19. The van der Waals surface area contributed by atoms with Gasteiger partial charge in [0.1, 0.15) is 0 Å². The van der Waals surface area contributed by atoms with E-state index < -0.39 is 11.5 Å². The molecule has 7 heteroatoms. The third kappa shape index (κ3) is 3.00. The number of hydrogen-bond donors (Lipinski definition) is 2. The first kappa shape index (κ1) is 13.3. The van der Waals surface area contributed by atoms with E-state index in [2.05, 4.69) is 5.32 Å². The standard InChI is InChI=1S/C12H15N3O4/c16-8-9-6-10(2-3-11(9)15(18)19)14-5-1-4-13-12(17)7-14/h2-3,6,16H,1,4-5,7-8H2,(H,13,17). The number of rotatable bonds is 3. The molecule has 0 spiro atoms. The molecule has 1 amide bonds. The lowest BCUT2D eigenvalue weighted by Crippen LogP contribution is -2.33. The van der Waals surface area contributed by atoms with Gasteiger partial charge in [-0.15, -0.1) is 0 Å². The van der Waals surface area contributed by atoms with Gasteiger partial charge in [-0.2, -0.15) is 0 Å². The molecule has 2 rings (SSSR count). The number of hydrogen-bond acceptors (Lipinski definition) is 5. The predicted molar refractivity (Wildman–Crippen MR) is 68.9 cm³/mol. The highest BCUT2D eigenvalue weighted by Crippen LogP contribution is 2.25. The van der Waals surface area contributed by atoms with Gasteiger partial charge in [-0.25, -0.2) is 0 Å². The molecule has 0 unspecified atom stereocenters. The van der Waals surface area contributed by atoms with Crippen molar-refractivity contribution in [2.45, 2.75) is 13.0 Å². The van der Waals surface area contributed by atoms with Crippen LogP contribution in [-0.4, -0.2) is 35.6 Å². The zero-order valence-electron chi connectivity index (χ0n) is 10.3. The van der Waals surface area contributed by atoms with E-state index >= 15 is 0 Å². The van der Waals surface area contributed by atoms with E-state index in [1.54, 1.807) is 12.1 Å². The molecular weight excluding hydrogens is 250 g/mol. The number of carbonyl (C=O) groups is 1. The number of anilines is 1. The van der Waals surface area contributed by atoms with Crippen LogP contribution in [0.2, 0.25) is 0 Å². The van der Waals surface area contributed by atoms with Crippen molar-refractivity contribution in [2.75, 3.05) is 24.5 Å². The monoisotopic (exact) mass is 265 g/mol. The lowest BCUT2D eigenvalue weighted by molar-refractivity contribution is -0.385. The number of nitrogens with one attached hydrogen (secondary N) is 1. The van der Waals surface area contributed by atoms with Crippen LogP contribution in [0.5, 0.6) is 0 Å². The number of amides is 1. The number of nitro benzene ring substituents is 1. The van der Waals surface area contributed by atoms with Gasteiger partial charge in [-0.3, -0.25) is 14.9 Å². The second-order valence-corrected chi connectivity index (χ2v) is 4.35. The topological polar surface area (TPSA) is 95.7 Å². The first-order chi connectivity index (χ1) is 9.11. The van der Waals surface area contributed by atoms with Crippen LogP contribution in [0.25, 0.3) is 0 Å². The zero-order chi connectivity index (χ0) is 13.8. The predicted octanol–water partition coefficient (Wildman–Crippen LogP) is 0.413.